The lowest BCUT2D eigenvalue weighted by atomic mass is 10.2. The second-order valence-corrected chi connectivity index (χ2v) is 14.5. The summed E-state index contributed by atoms with van der Waals surface area (Å²) in [6.45, 7) is 11.7. The molecule has 2 aromatic rings. The molecule has 0 radical (unpaired) electrons. The molecule has 1 aliphatic heterocycles. The summed E-state index contributed by atoms with van der Waals surface area (Å²) in [5.74, 6) is 0.816. The molecular formula is C40H60Br2N6O15. The number of carbonyl (C=O) groups is 3. The van der Waals surface area contributed by atoms with E-state index in [0.717, 1.165) is 10.5 Å². The van der Waals surface area contributed by atoms with E-state index in [4.69, 9.17) is 56.8 Å². The zero-order valence-electron chi connectivity index (χ0n) is 35.8. The molecular weight excluding hydrogens is 964 g/mol. The minimum atomic E-state index is -0.382. The van der Waals surface area contributed by atoms with E-state index in [2.05, 4.69) is 57.6 Å². The van der Waals surface area contributed by atoms with Crippen LogP contribution in [-0.2, 0) is 66.5 Å². The number of nitrogens with zero attached hydrogens (tertiary/aromatic N) is 5. The highest BCUT2D eigenvalue weighted by Gasteiger charge is 2.35. The lowest BCUT2D eigenvalue weighted by Crippen LogP contribution is -2.34. The molecule has 23 heteroatoms. The SMILES string of the molecule is Cc1nnc(-c2ccc(OCCOCCOCCOCCNC(=O)CCOCCOCCOCCOCCOCCOCCOCCOCCN3C(=O)C(Br)=C(Br)C3=O)cc2)nn1. The normalized spacial score (nSPS) is 12.8. The molecule has 0 fully saturated rings. The van der Waals surface area contributed by atoms with Crippen molar-refractivity contribution in [3.8, 4) is 17.1 Å². The summed E-state index contributed by atoms with van der Waals surface area (Å²) in [5.41, 5.74) is 0.805. The summed E-state index contributed by atoms with van der Waals surface area (Å²) in [6, 6.07) is 7.36. The number of rotatable bonds is 41. The minimum Gasteiger partial charge on any atom is -0.491 e. The molecule has 21 nitrogen and oxygen atoms in total. The maximum atomic E-state index is 12.0. The van der Waals surface area contributed by atoms with Crippen LogP contribution >= 0.6 is 31.9 Å². The first-order chi connectivity index (χ1) is 30.9. The molecule has 0 saturated carbocycles. The number of aromatic nitrogens is 4. The van der Waals surface area contributed by atoms with Gasteiger partial charge in [-0.2, -0.15) is 0 Å². The lowest BCUT2D eigenvalue weighted by molar-refractivity contribution is -0.138. The van der Waals surface area contributed by atoms with E-state index in [-0.39, 0.29) is 46.3 Å². The number of imide groups is 1. The van der Waals surface area contributed by atoms with Gasteiger partial charge in [-0.1, -0.05) is 0 Å². The quantitative estimate of drug-likeness (QED) is 0.0738. The third kappa shape index (κ3) is 25.8. The van der Waals surface area contributed by atoms with Crippen LogP contribution in [-0.4, -0.2) is 208 Å². The van der Waals surface area contributed by atoms with Crippen molar-refractivity contribution in [2.24, 2.45) is 0 Å². The molecule has 0 unspecified atom stereocenters. The standard InChI is InChI=1S/C40H60Br2N6O15/c1-32-44-46-38(47-45-32)33-2-4-34(5-3-33)63-31-30-62-29-28-56-16-13-53-10-7-43-35(49)6-9-52-12-15-55-18-20-58-22-24-60-26-27-61-25-23-59-21-19-57-17-14-54-11-8-48-39(50)36(41)37(42)40(48)51/h2-5H,6-31H2,1H3,(H,43,49). The van der Waals surface area contributed by atoms with Crippen LogP contribution in [0.15, 0.2) is 33.2 Å². The zero-order chi connectivity index (χ0) is 45.0. The van der Waals surface area contributed by atoms with Crippen molar-refractivity contribution in [3.05, 3.63) is 39.1 Å². The predicted octanol–water partition coefficient (Wildman–Crippen LogP) is 1.68. The van der Waals surface area contributed by atoms with Crippen LogP contribution in [0.5, 0.6) is 5.75 Å². The number of carbonyl (C=O) groups excluding carboxylic acids is 3. The molecule has 1 aliphatic rings. The number of amides is 3. The highest BCUT2D eigenvalue weighted by molar-refractivity contribution is 9.14. The summed E-state index contributed by atoms with van der Waals surface area (Å²) in [6.07, 6.45) is 0.254. The van der Waals surface area contributed by atoms with Gasteiger partial charge in [-0.3, -0.25) is 19.3 Å². The Bertz CT molecular complexity index is 1540. The van der Waals surface area contributed by atoms with Gasteiger partial charge in [0.15, 0.2) is 5.82 Å². The number of aryl methyl sites for hydroxylation is 1. The Labute approximate surface area is 384 Å². The topological polar surface area (TPSA) is 229 Å². The average molecular weight is 1020 g/mol. The Morgan fingerprint density at radius 3 is 1.30 bits per heavy atom. The third-order valence-electron chi connectivity index (χ3n) is 8.10. The van der Waals surface area contributed by atoms with Crippen molar-refractivity contribution in [3.63, 3.8) is 0 Å². The molecule has 3 amide bonds. The summed E-state index contributed by atoms with van der Waals surface area (Å²) < 4.78 is 66.3. The second-order valence-electron chi connectivity index (χ2n) is 12.9. The summed E-state index contributed by atoms with van der Waals surface area (Å²) >= 11 is 6.17. The van der Waals surface area contributed by atoms with Crippen molar-refractivity contribution >= 4 is 49.6 Å². The van der Waals surface area contributed by atoms with Gasteiger partial charge in [0, 0.05) is 18.5 Å². The Kier molecular flexibility index (Phi) is 31.0. The van der Waals surface area contributed by atoms with E-state index in [0.29, 0.717) is 169 Å². The van der Waals surface area contributed by atoms with Crippen LogP contribution in [0.3, 0.4) is 0 Å². The van der Waals surface area contributed by atoms with Gasteiger partial charge in [-0.15, -0.1) is 20.4 Å². The van der Waals surface area contributed by atoms with Gasteiger partial charge in [0.2, 0.25) is 11.7 Å². The number of hydrogen-bond donors (Lipinski definition) is 1. The molecule has 1 N–H and O–H groups in total. The second kappa shape index (κ2) is 36.1. The Morgan fingerprint density at radius 1 is 0.508 bits per heavy atom. The molecule has 0 saturated heterocycles. The summed E-state index contributed by atoms with van der Waals surface area (Å²) in [7, 11) is 0. The van der Waals surface area contributed by atoms with Gasteiger partial charge in [-0.05, 0) is 63.0 Å². The number of benzene rings is 1. The van der Waals surface area contributed by atoms with E-state index in [1.807, 2.05) is 24.3 Å². The number of ether oxygens (including phenoxy) is 12. The van der Waals surface area contributed by atoms with E-state index >= 15 is 0 Å². The Balaban J connectivity index is 0.922. The van der Waals surface area contributed by atoms with Crippen molar-refractivity contribution < 1.29 is 71.2 Å². The highest BCUT2D eigenvalue weighted by atomic mass is 79.9. The fraction of sp³-hybridized carbons (Fsp3) is 0.675. The first-order valence-electron chi connectivity index (χ1n) is 20.7. The van der Waals surface area contributed by atoms with Gasteiger partial charge in [0.25, 0.3) is 11.8 Å². The number of nitrogens with one attached hydrogen (secondary N) is 1. The van der Waals surface area contributed by atoms with Crippen LogP contribution in [0.1, 0.15) is 12.2 Å². The Hall–Kier alpha value is -3.17. The van der Waals surface area contributed by atoms with Gasteiger partial charge in [0.05, 0.1) is 152 Å². The van der Waals surface area contributed by atoms with Gasteiger partial charge in [0.1, 0.15) is 21.3 Å². The average Bonchev–Trinajstić information content (AvgIpc) is 3.47. The van der Waals surface area contributed by atoms with E-state index < -0.39 is 0 Å². The molecule has 354 valence electrons. The van der Waals surface area contributed by atoms with Crippen LogP contribution in [0.25, 0.3) is 11.4 Å². The molecule has 1 aromatic heterocycles. The largest absolute Gasteiger partial charge is 0.491 e. The molecule has 2 heterocycles. The van der Waals surface area contributed by atoms with Crippen molar-refractivity contribution in [1.29, 1.82) is 0 Å². The first kappa shape index (κ1) is 54.2. The Morgan fingerprint density at radius 2 is 0.873 bits per heavy atom. The van der Waals surface area contributed by atoms with E-state index in [1.54, 1.807) is 6.92 Å². The third-order valence-corrected chi connectivity index (χ3v) is 10.1. The van der Waals surface area contributed by atoms with Crippen molar-refractivity contribution in [2.75, 3.05) is 165 Å². The smallest absolute Gasteiger partial charge is 0.269 e. The summed E-state index contributed by atoms with van der Waals surface area (Å²) in [4.78, 5) is 36.9. The maximum absolute atomic E-state index is 12.0. The van der Waals surface area contributed by atoms with Crippen LogP contribution in [0.4, 0.5) is 0 Å². The molecule has 0 aliphatic carbocycles. The molecule has 1 aromatic carbocycles. The molecule has 0 atom stereocenters. The predicted molar refractivity (Wildman–Crippen MR) is 232 cm³/mol. The first-order valence-corrected chi connectivity index (χ1v) is 22.3. The van der Waals surface area contributed by atoms with E-state index in [9.17, 15) is 14.4 Å². The highest BCUT2D eigenvalue weighted by Crippen LogP contribution is 2.29. The number of halogens is 2. The summed E-state index contributed by atoms with van der Waals surface area (Å²) in [5, 5.41) is 18.7. The molecule has 3 rings (SSSR count). The molecule has 0 spiro atoms. The van der Waals surface area contributed by atoms with Crippen LogP contribution < -0.4 is 10.1 Å². The van der Waals surface area contributed by atoms with Gasteiger partial charge in [-0.25, -0.2) is 0 Å². The monoisotopic (exact) mass is 1020 g/mol. The zero-order valence-corrected chi connectivity index (χ0v) is 39.0. The van der Waals surface area contributed by atoms with Crippen LogP contribution in [0.2, 0.25) is 0 Å². The van der Waals surface area contributed by atoms with E-state index in [1.165, 1.54) is 0 Å². The van der Waals surface area contributed by atoms with Gasteiger partial charge >= 0.3 is 0 Å². The number of hydrogen-bond acceptors (Lipinski definition) is 19. The minimum absolute atomic E-state index is 0.108. The lowest BCUT2D eigenvalue weighted by Gasteiger charge is -2.14. The van der Waals surface area contributed by atoms with Crippen LogP contribution in [0, 0.1) is 6.92 Å². The van der Waals surface area contributed by atoms with Gasteiger partial charge < -0.3 is 62.2 Å². The fourth-order valence-electron chi connectivity index (χ4n) is 4.89. The maximum Gasteiger partial charge on any atom is 0.269 e. The molecule has 0 bridgehead atoms. The fourth-order valence-corrected chi connectivity index (χ4v) is 5.66. The molecule has 63 heavy (non-hydrogen) atoms. The van der Waals surface area contributed by atoms with Crippen molar-refractivity contribution in [2.45, 2.75) is 13.3 Å². The van der Waals surface area contributed by atoms with Crippen molar-refractivity contribution in [1.82, 2.24) is 30.6 Å².